The number of alkyl halides is 2. The van der Waals surface area contributed by atoms with Crippen LogP contribution in [0, 0.1) is 0 Å². The molecule has 0 unspecified atom stereocenters. The Bertz CT molecular complexity index is 831. The molecule has 0 aliphatic rings. The number of nitrogens with zero attached hydrogens (tertiary/aromatic N) is 1. The number of hydrogen-bond acceptors (Lipinski definition) is 5. The van der Waals surface area contributed by atoms with Gasteiger partial charge in [0.2, 0.25) is 15.9 Å². The molecule has 5 nitrogen and oxygen atoms in total. The van der Waals surface area contributed by atoms with Crippen LogP contribution < -0.4 is 4.72 Å². The van der Waals surface area contributed by atoms with E-state index in [1.165, 1.54) is 0 Å². The molecule has 0 spiro atoms. The first-order valence-electron chi connectivity index (χ1n) is 6.55. The van der Waals surface area contributed by atoms with Crippen molar-refractivity contribution in [2.24, 2.45) is 0 Å². The van der Waals surface area contributed by atoms with E-state index >= 15 is 0 Å². The summed E-state index contributed by atoms with van der Waals surface area (Å²) in [6.45, 7) is 0.722. The quantitative estimate of drug-likeness (QED) is 0.765. The van der Waals surface area contributed by atoms with E-state index in [9.17, 15) is 22.0 Å². The summed E-state index contributed by atoms with van der Waals surface area (Å²) in [5.74, 6) is -4.27. The van der Waals surface area contributed by atoms with E-state index in [0.29, 0.717) is 9.99 Å². The van der Waals surface area contributed by atoms with Crippen molar-refractivity contribution < 1.29 is 22.0 Å². The molecule has 2 rings (SSSR count). The van der Waals surface area contributed by atoms with Crippen molar-refractivity contribution in [1.29, 1.82) is 0 Å². The third kappa shape index (κ3) is 4.92. The van der Waals surface area contributed by atoms with E-state index in [-0.39, 0.29) is 11.3 Å². The third-order valence-corrected chi connectivity index (χ3v) is 6.37. The first kappa shape index (κ1) is 18.2. The van der Waals surface area contributed by atoms with E-state index in [1.807, 2.05) is 4.72 Å². The first-order valence-corrected chi connectivity index (χ1v) is 9.81. The second kappa shape index (κ2) is 6.78. The van der Waals surface area contributed by atoms with Crippen molar-refractivity contribution in [2.75, 3.05) is 5.75 Å². The average Bonchev–Trinajstić information content (AvgIpc) is 2.74. The zero-order valence-electron chi connectivity index (χ0n) is 12.0. The highest BCUT2D eigenvalue weighted by atomic mass is 79.9. The molecule has 2 aromatic heterocycles. The Kier molecular flexibility index (Phi) is 5.37. The van der Waals surface area contributed by atoms with Crippen molar-refractivity contribution >= 4 is 53.4 Å². The van der Waals surface area contributed by atoms with Crippen LogP contribution in [0.4, 0.5) is 8.78 Å². The molecule has 2 aromatic rings. The van der Waals surface area contributed by atoms with Gasteiger partial charge in [-0.1, -0.05) is 0 Å². The van der Waals surface area contributed by atoms with Gasteiger partial charge in [0.1, 0.15) is 4.88 Å². The molecule has 0 radical (unpaired) electrons. The number of nitrogens with one attached hydrogen (secondary N) is 1. The molecule has 0 bridgehead atoms. The summed E-state index contributed by atoms with van der Waals surface area (Å²) < 4.78 is 52.1. The Morgan fingerprint density at radius 2 is 2.17 bits per heavy atom. The number of carbonyl (C=O) groups excluding carboxylic acids is 1. The minimum atomic E-state index is -3.97. The molecule has 10 heteroatoms. The number of halogens is 3. The van der Waals surface area contributed by atoms with E-state index in [0.717, 1.165) is 23.0 Å². The topological polar surface area (TPSA) is 76.1 Å². The van der Waals surface area contributed by atoms with Gasteiger partial charge in [0.05, 0.1) is 20.4 Å². The van der Waals surface area contributed by atoms with Crippen LogP contribution in [0.25, 0.3) is 10.2 Å². The van der Waals surface area contributed by atoms with Crippen molar-refractivity contribution in [3.63, 3.8) is 0 Å². The van der Waals surface area contributed by atoms with Crippen LogP contribution in [0.2, 0.25) is 0 Å². The summed E-state index contributed by atoms with van der Waals surface area (Å²) in [5.41, 5.74) is 0.561. The molecular formula is C13H13BrF2N2O3S2. The van der Waals surface area contributed by atoms with E-state index in [4.69, 9.17) is 0 Å². The summed E-state index contributed by atoms with van der Waals surface area (Å²) in [6.07, 6.45) is 0.767. The van der Waals surface area contributed by atoms with Crippen LogP contribution in [-0.4, -0.2) is 31.0 Å². The third-order valence-electron chi connectivity index (χ3n) is 2.87. The largest absolute Gasteiger partial charge is 0.276 e. The molecule has 0 aliphatic carbocycles. The van der Waals surface area contributed by atoms with Crippen LogP contribution in [0.3, 0.4) is 0 Å². The molecule has 1 N–H and O–H groups in total. The highest BCUT2D eigenvalue weighted by molar-refractivity contribution is 9.10. The summed E-state index contributed by atoms with van der Waals surface area (Å²) in [6, 6.07) is 3.46. The van der Waals surface area contributed by atoms with Crippen LogP contribution in [0.5, 0.6) is 0 Å². The summed E-state index contributed by atoms with van der Waals surface area (Å²) in [4.78, 5) is 16.4. The number of aromatic nitrogens is 1. The summed E-state index contributed by atoms with van der Waals surface area (Å²) in [5, 5.41) is 0. The SMILES string of the molecule is CC(F)(F)CCCS(=O)(=O)NC(=O)c1sc2cccnc2c1Br. The molecule has 0 aliphatic heterocycles. The fraction of sp³-hybridized carbons (Fsp3) is 0.385. The monoisotopic (exact) mass is 426 g/mol. The molecule has 0 atom stereocenters. The highest BCUT2D eigenvalue weighted by Crippen LogP contribution is 2.34. The van der Waals surface area contributed by atoms with Gasteiger partial charge in [0.15, 0.2) is 0 Å². The number of thiophene rings is 1. The van der Waals surface area contributed by atoms with Gasteiger partial charge in [0.25, 0.3) is 5.91 Å². The Morgan fingerprint density at radius 1 is 1.48 bits per heavy atom. The van der Waals surface area contributed by atoms with E-state index in [1.54, 1.807) is 18.3 Å². The van der Waals surface area contributed by atoms with Gasteiger partial charge in [-0.05, 0) is 41.4 Å². The zero-order valence-corrected chi connectivity index (χ0v) is 15.2. The number of hydrogen-bond donors (Lipinski definition) is 1. The molecule has 0 saturated heterocycles. The summed E-state index contributed by atoms with van der Waals surface area (Å²) in [7, 11) is -3.97. The summed E-state index contributed by atoms with van der Waals surface area (Å²) >= 11 is 4.33. The number of carbonyl (C=O) groups is 1. The first-order chi connectivity index (χ1) is 10.6. The Hall–Kier alpha value is -1.13. The second-order valence-electron chi connectivity index (χ2n) is 5.02. The van der Waals surface area contributed by atoms with Crippen LogP contribution in [0.1, 0.15) is 29.4 Å². The minimum absolute atomic E-state index is 0.170. The highest BCUT2D eigenvalue weighted by Gasteiger charge is 2.25. The lowest BCUT2D eigenvalue weighted by Gasteiger charge is -2.10. The Morgan fingerprint density at radius 3 is 2.78 bits per heavy atom. The van der Waals surface area contributed by atoms with Crippen LogP contribution >= 0.6 is 27.3 Å². The molecule has 126 valence electrons. The lowest BCUT2D eigenvalue weighted by molar-refractivity contribution is 0.0125. The van der Waals surface area contributed by atoms with Gasteiger partial charge in [0, 0.05) is 12.6 Å². The lowest BCUT2D eigenvalue weighted by atomic mass is 10.2. The molecule has 1 amide bonds. The minimum Gasteiger partial charge on any atom is -0.267 e. The van der Waals surface area contributed by atoms with Gasteiger partial charge < -0.3 is 0 Å². The van der Waals surface area contributed by atoms with E-state index < -0.39 is 34.0 Å². The van der Waals surface area contributed by atoms with Gasteiger partial charge in [-0.25, -0.2) is 21.9 Å². The predicted octanol–water partition coefficient (Wildman–Crippen LogP) is 3.55. The van der Waals surface area contributed by atoms with E-state index in [2.05, 4.69) is 20.9 Å². The number of amides is 1. The Balaban J connectivity index is 2.09. The Labute approximate surface area is 144 Å². The maximum absolute atomic E-state index is 12.7. The van der Waals surface area contributed by atoms with Gasteiger partial charge in [-0.2, -0.15) is 0 Å². The fourth-order valence-electron chi connectivity index (χ4n) is 1.86. The average molecular weight is 427 g/mol. The standard InChI is InChI=1S/C13H13BrF2N2O3S2/c1-13(15,16)5-3-7-23(20,21)18-12(19)11-9(14)10-8(22-11)4-2-6-17-10/h2,4,6H,3,5,7H2,1H3,(H,18,19). The number of rotatable bonds is 6. The fourth-order valence-corrected chi connectivity index (χ4v) is 4.75. The molecule has 0 saturated carbocycles. The number of fused-ring (bicyclic) bond motifs is 1. The van der Waals surface area contributed by atoms with Gasteiger partial charge in [-0.3, -0.25) is 9.78 Å². The van der Waals surface area contributed by atoms with Gasteiger partial charge >= 0.3 is 0 Å². The van der Waals surface area contributed by atoms with Crippen molar-refractivity contribution in [3.05, 3.63) is 27.7 Å². The molecule has 0 fully saturated rings. The number of pyridine rings is 1. The van der Waals surface area contributed by atoms with Gasteiger partial charge in [-0.15, -0.1) is 11.3 Å². The molecule has 0 aromatic carbocycles. The van der Waals surface area contributed by atoms with Crippen LogP contribution in [0.15, 0.2) is 22.8 Å². The number of sulfonamides is 1. The van der Waals surface area contributed by atoms with Crippen molar-refractivity contribution in [3.8, 4) is 0 Å². The smallest absolute Gasteiger partial charge is 0.267 e. The normalized spacial score (nSPS) is 12.5. The van der Waals surface area contributed by atoms with Crippen molar-refractivity contribution in [2.45, 2.75) is 25.7 Å². The second-order valence-corrected chi connectivity index (χ2v) is 8.71. The maximum Gasteiger partial charge on any atom is 0.276 e. The molecule has 23 heavy (non-hydrogen) atoms. The maximum atomic E-state index is 12.7. The van der Waals surface area contributed by atoms with Crippen molar-refractivity contribution in [1.82, 2.24) is 9.71 Å². The molecular weight excluding hydrogens is 414 g/mol. The zero-order chi connectivity index (χ0) is 17.3. The lowest BCUT2D eigenvalue weighted by Crippen LogP contribution is -2.32. The van der Waals surface area contributed by atoms with Crippen LogP contribution in [-0.2, 0) is 10.0 Å². The molecule has 2 heterocycles. The predicted molar refractivity (Wildman–Crippen MR) is 88.4 cm³/mol.